The molecule has 6 rings (SSSR count). The molecule has 0 atom stereocenters. The van der Waals surface area contributed by atoms with Crippen LogP contribution in [0.4, 0.5) is 5.69 Å². The Morgan fingerprint density at radius 1 is 0.592 bits per heavy atom. The van der Waals surface area contributed by atoms with Crippen molar-refractivity contribution >= 4 is 27.5 Å². The van der Waals surface area contributed by atoms with Gasteiger partial charge in [-0.2, -0.15) is 10.5 Å². The Bertz CT molecular complexity index is 2260. The SMILES string of the molecule is [C-]#[N+]c1cc(C#N)cc(C#N)c1-n1c2ccc(-c3c(C)cc(C(C)(C)C)cc3C)cc2c2cc(-c3c(C)cc(C(C)(C)C)cc3C)ccc21. The van der Waals surface area contributed by atoms with Gasteiger partial charge in [-0.15, -0.1) is 0 Å². The lowest BCUT2D eigenvalue weighted by molar-refractivity contribution is 0.589. The molecule has 0 saturated carbocycles. The summed E-state index contributed by atoms with van der Waals surface area (Å²) in [6.07, 6.45) is 0. The summed E-state index contributed by atoms with van der Waals surface area (Å²) in [5.74, 6) is 0. The number of fused-ring (bicyclic) bond motifs is 3. The van der Waals surface area contributed by atoms with Gasteiger partial charge in [0.1, 0.15) is 0 Å². The van der Waals surface area contributed by atoms with E-state index in [0.717, 1.165) is 32.9 Å². The highest BCUT2D eigenvalue weighted by Crippen LogP contribution is 2.43. The van der Waals surface area contributed by atoms with Crippen molar-refractivity contribution in [2.75, 3.05) is 0 Å². The zero-order valence-corrected chi connectivity index (χ0v) is 30.2. The molecule has 242 valence electrons. The fraction of sp³-hybridized carbons (Fsp3) is 0.267. The Morgan fingerprint density at radius 2 is 1.02 bits per heavy atom. The third-order valence-electron chi connectivity index (χ3n) is 9.82. The van der Waals surface area contributed by atoms with Crippen molar-refractivity contribution in [1.82, 2.24) is 4.57 Å². The van der Waals surface area contributed by atoms with E-state index in [1.54, 1.807) is 12.1 Å². The first-order valence-electron chi connectivity index (χ1n) is 16.8. The maximum absolute atomic E-state index is 10.3. The standard InChI is InChI=1S/C45H42N4/c1-26-16-34(44(5,6)7)17-27(2)41(26)31-12-14-39-36(22-31)37-23-32(42-28(3)18-35(19-29(42)4)45(8,9)10)13-15-40(37)49(39)43-33(25-47)20-30(24-46)21-38(43)48-11/h12-23H,1-10H3. The molecule has 0 N–H and O–H groups in total. The molecule has 0 amide bonds. The largest absolute Gasteiger partial charge is 0.318 e. The maximum Gasteiger partial charge on any atom is 0.213 e. The molecule has 0 spiro atoms. The minimum Gasteiger partial charge on any atom is -0.318 e. The van der Waals surface area contributed by atoms with Gasteiger partial charge in [-0.05, 0) is 131 Å². The number of nitriles is 2. The highest BCUT2D eigenvalue weighted by molar-refractivity contribution is 6.12. The molecule has 0 aliphatic carbocycles. The number of hydrogen-bond donors (Lipinski definition) is 0. The Hall–Kier alpha value is -5.63. The molecule has 5 aromatic carbocycles. The average molecular weight is 639 g/mol. The van der Waals surface area contributed by atoms with E-state index in [2.05, 4.69) is 147 Å². The summed E-state index contributed by atoms with van der Waals surface area (Å²) in [5, 5.41) is 22.0. The molecule has 6 aromatic rings. The predicted molar refractivity (Wildman–Crippen MR) is 204 cm³/mol. The Labute approximate surface area is 290 Å². The molecule has 0 radical (unpaired) electrons. The summed E-state index contributed by atoms with van der Waals surface area (Å²) < 4.78 is 2.04. The van der Waals surface area contributed by atoms with E-state index in [-0.39, 0.29) is 16.5 Å². The van der Waals surface area contributed by atoms with Gasteiger partial charge in [0.2, 0.25) is 5.69 Å². The van der Waals surface area contributed by atoms with Crippen LogP contribution in [-0.4, -0.2) is 4.57 Å². The van der Waals surface area contributed by atoms with Crippen LogP contribution < -0.4 is 0 Å². The molecule has 4 heteroatoms. The van der Waals surface area contributed by atoms with Crippen LogP contribution in [0.25, 0.3) is 54.6 Å². The van der Waals surface area contributed by atoms with Crippen molar-refractivity contribution in [3.8, 4) is 40.1 Å². The summed E-state index contributed by atoms with van der Waals surface area (Å²) >= 11 is 0. The van der Waals surface area contributed by atoms with E-state index in [0.29, 0.717) is 16.8 Å². The van der Waals surface area contributed by atoms with Crippen molar-refractivity contribution < 1.29 is 0 Å². The third-order valence-corrected chi connectivity index (χ3v) is 9.82. The first kappa shape index (κ1) is 33.3. The van der Waals surface area contributed by atoms with Gasteiger partial charge in [-0.1, -0.05) is 77.9 Å². The highest BCUT2D eigenvalue weighted by atomic mass is 15.0. The average Bonchev–Trinajstić information content (AvgIpc) is 3.35. The van der Waals surface area contributed by atoms with Crippen molar-refractivity contribution in [1.29, 1.82) is 10.5 Å². The number of aromatic nitrogens is 1. The van der Waals surface area contributed by atoms with Gasteiger partial charge in [0.15, 0.2) is 0 Å². The van der Waals surface area contributed by atoms with Gasteiger partial charge in [0.25, 0.3) is 0 Å². The molecular formula is C45H42N4. The molecule has 1 heterocycles. The van der Waals surface area contributed by atoms with E-state index in [9.17, 15) is 10.5 Å². The molecule has 49 heavy (non-hydrogen) atoms. The van der Waals surface area contributed by atoms with Gasteiger partial charge in [-0.3, -0.25) is 0 Å². The van der Waals surface area contributed by atoms with Crippen LogP contribution in [0.3, 0.4) is 0 Å². The van der Waals surface area contributed by atoms with Crippen LogP contribution in [0.2, 0.25) is 0 Å². The quantitative estimate of drug-likeness (QED) is 0.181. The van der Waals surface area contributed by atoms with E-state index >= 15 is 0 Å². The van der Waals surface area contributed by atoms with Gasteiger partial charge >= 0.3 is 0 Å². The number of nitrogens with zero attached hydrogens (tertiary/aromatic N) is 4. The normalized spacial score (nSPS) is 11.8. The minimum absolute atomic E-state index is 0.0450. The van der Waals surface area contributed by atoms with Crippen LogP contribution in [-0.2, 0) is 10.8 Å². The summed E-state index contributed by atoms with van der Waals surface area (Å²) in [6, 6.07) is 29.8. The predicted octanol–water partition coefficient (Wildman–Crippen LogP) is 12.2. The van der Waals surface area contributed by atoms with Gasteiger partial charge < -0.3 is 4.57 Å². The zero-order valence-electron chi connectivity index (χ0n) is 30.2. The first-order chi connectivity index (χ1) is 23.1. The fourth-order valence-electron chi connectivity index (χ4n) is 7.37. The Morgan fingerprint density at radius 3 is 1.37 bits per heavy atom. The topological polar surface area (TPSA) is 56.9 Å². The van der Waals surface area contributed by atoms with E-state index in [1.165, 1.54) is 44.5 Å². The number of aryl methyl sites for hydroxylation is 4. The lowest BCUT2D eigenvalue weighted by Crippen LogP contribution is -2.12. The van der Waals surface area contributed by atoms with Crippen LogP contribution in [0.1, 0.15) is 86.1 Å². The van der Waals surface area contributed by atoms with Crippen molar-refractivity contribution in [3.63, 3.8) is 0 Å². The molecule has 0 aliphatic heterocycles. The molecule has 1 aromatic heterocycles. The van der Waals surface area contributed by atoms with E-state index < -0.39 is 0 Å². The molecular weight excluding hydrogens is 597 g/mol. The number of hydrogen-bond acceptors (Lipinski definition) is 2. The van der Waals surface area contributed by atoms with Crippen molar-refractivity contribution in [2.24, 2.45) is 0 Å². The minimum atomic E-state index is 0.0450. The molecule has 0 fully saturated rings. The summed E-state index contributed by atoms with van der Waals surface area (Å²) in [6.45, 7) is 30.3. The highest BCUT2D eigenvalue weighted by Gasteiger charge is 2.23. The molecule has 0 unspecified atom stereocenters. The summed E-state index contributed by atoms with van der Waals surface area (Å²) in [5.41, 5.74) is 15.5. The van der Waals surface area contributed by atoms with Crippen LogP contribution in [0, 0.1) is 56.9 Å². The summed E-state index contributed by atoms with van der Waals surface area (Å²) in [4.78, 5) is 3.82. The summed E-state index contributed by atoms with van der Waals surface area (Å²) in [7, 11) is 0. The molecule has 0 bridgehead atoms. The number of benzene rings is 5. The lowest BCUT2D eigenvalue weighted by atomic mass is 9.82. The van der Waals surface area contributed by atoms with Gasteiger partial charge in [0, 0.05) is 16.3 Å². The monoisotopic (exact) mass is 638 g/mol. The Balaban J connectivity index is 1.71. The maximum atomic E-state index is 10.3. The van der Waals surface area contributed by atoms with Crippen molar-refractivity contribution in [3.05, 3.63) is 129 Å². The smallest absolute Gasteiger partial charge is 0.213 e. The van der Waals surface area contributed by atoms with Gasteiger partial charge in [0.05, 0.1) is 41.0 Å². The first-order valence-corrected chi connectivity index (χ1v) is 16.8. The molecule has 4 nitrogen and oxygen atoms in total. The second-order valence-electron chi connectivity index (χ2n) is 15.5. The van der Waals surface area contributed by atoms with Crippen LogP contribution in [0.15, 0.2) is 72.8 Å². The van der Waals surface area contributed by atoms with Gasteiger partial charge in [-0.25, -0.2) is 4.85 Å². The van der Waals surface area contributed by atoms with E-state index in [1.807, 2.05) is 4.57 Å². The molecule has 0 aliphatic rings. The zero-order chi connectivity index (χ0) is 35.6. The third kappa shape index (κ3) is 5.67. The lowest BCUT2D eigenvalue weighted by Gasteiger charge is -2.22. The Kier molecular flexibility index (Phi) is 8.02. The second-order valence-corrected chi connectivity index (χ2v) is 15.5. The van der Waals surface area contributed by atoms with E-state index in [4.69, 9.17) is 6.57 Å². The van der Waals surface area contributed by atoms with Crippen molar-refractivity contribution in [2.45, 2.75) is 80.1 Å². The van der Waals surface area contributed by atoms with Crippen LogP contribution in [0.5, 0.6) is 0 Å². The van der Waals surface area contributed by atoms with Crippen LogP contribution >= 0.6 is 0 Å². The number of rotatable bonds is 3. The second kappa shape index (κ2) is 11.8. The molecule has 0 saturated heterocycles. The fourth-order valence-corrected chi connectivity index (χ4v) is 7.37.